The Balaban J connectivity index is 1.87. The zero-order valence-corrected chi connectivity index (χ0v) is 11.0. The summed E-state index contributed by atoms with van der Waals surface area (Å²) < 4.78 is 13.4. The maximum Gasteiger partial charge on any atom is 0.255 e. The second-order valence-corrected chi connectivity index (χ2v) is 4.60. The van der Waals surface area contributed by atoms with Crippen molar-refractivity contribution in [2.75, 3.05) is 11.1 Å². The number of pyridine rings is 1. The first kappa shape index (κ1) is 13.1. The molecule has 1 heterocycles. The van der Waals surface area contributed by atoms with E-state index < -0.39 is 11.7 Å². The van der Waals surface area contributed by atoms with Crippen LogP contribution in [0.4, 0.5) is 15.8 Å². The third-order valence-corrected chi connectivity index (χ3v) is 3.12. The molecule has 1 aromatic heterocycles. The van der Waals surface area contributed by atoms with Crippen molar-refractivity contribution in [2.24, 2.45) is 0 Å². The molecule has 5 heteroatoms. The van der Waals surface area contributed by atoms with Crippen LogP contribution >= 0.6 is 0 Å². The van der Waals surface area contributed by atoms with Crippen LogP contribution in [0.5, 0.6) is 0 Å². The van der Waals surface area contributed by atoms with Gasteiger partial charge in [-0.05, 0) is 42.5 Å². The number of nitrogens with two attached hydrogens (primary N) is 1. The van der Waals surface area contributed by atoms with Gasteiger partial charge >= 0.3 is 0 Å². The van der Waals surface area contributed by atoms with Crippen molar-refractivity contribution in [1.29, 1.82) is 0 Å². The molecular formula is C16H12FN3O. The monoisotopic (exact) mass is 281 g/mol. The lowest BCUT2D eigenvalue weighted by atomic mass is 10.1. The Labute approximate surface area is 120 Å². The summed E-state index contributed by atoms with van der Waals surface area (Å²) in [6.07, 6.45) is 1.71. The Kier molecular flexibility index (Phi) is 3.23. The molecule has 4 nitrogen and oxygen atoms in total. The number of amides is 1. The Morgan fingerprint density at radius 3 is 2.81 bits per heavy atom. The standard InChI is InChI=1S/C16H12FN3O/c17-13-9-11(3-5-14(13)18)16(21)20-12-4-6-15-10(8-12)2-1-7-19-15/h1-9H,18H2,(H,20,21). The van der Waals surface area contributed by atoms with Crippen LogP contribution in [-0.4, -0.2) is 10.9 Å². The summed E-state index contributed by atoms with van der Waals surface area (Å²) >= 11 is 0. The third-order valence-electron chi connectivity index (χ3n) is 3.12. The maximum atomic E-state index is 13.4. The lowest BCUT2D eigenvalue weighted by Gasteiger charge is -2.07. The first-order valence-electron chi connectivity index (χ1n) is 6.34. The molecule has 0 unspecified atom stereocenters. The fourth-order valence-electron chi connectivity index (χ4n) is 2.03. The van der Waals surface area contributed by atoms with Crippen LogP contribution in [0.3, 0.4) is 0 Å². The van der Waals surface area contributed by atoms with Gasteiger partial charge in [0.05, 0.1) is 11.2 Å². The number of rotatable bonds is 2. The molecule has 0 aliphatic rings. The Hall–Kier alpha value is -2.95. The van der Waals surface area contributed by atoms with Crippen molar-refractivity contribution in [3.05, 3.63) is 66.1 Å². The second-order valence-electron chi connectivity index (χ2n) is 4.60. The fourth-order valence-corrected chi connectivity index (χ4v) is 2.03. The summed E-state index contributed by atoms with van der Waals surface area (Å²) in [4.78, 5) is 16.3. The van der Waals surface area contributed by atoms with E-state index in [4.69, 9.17) is 5.73 Å². The molecule has 0 atom stereocenters. The van der Waals surface area contributed by atoms with Crippen LogP contribution in [0.25, 0.3) is 10.9 Å². The van der Waals surface area contributed by atoms with E-state index in [-0.39, 0.29) is 11.3 Å². The molecule has 21 heavy (non-hydrogen) atoms. The first-order valence-corrected chi connectivity index (χ1v) is 6.34. The number of anilines is 2. The molecule has 0 spiro atoms. The molecule has 0 saturated heterocycles. The molecule has 2 aromatic carbocycles. The predicted molar refractivity (Wildman–Crippen MR) is 80.5 cm³/mol. The van der Waals surface area contributed by atoms with Crippen molar-refractivity contribution in [3.8, 4) is 0 Å². The topological polar surface area (TPSA) is 68.0 Å². The van der Waals surface area contributed by atoms with Crippen LogP contribution in [-0.2, 0) is 0 Å². The number of fused-ring (bicyclic) bond motifs is 1. The molecule has 0 bridgehead atoms. The number of hydrogen-bond acceptors (Lipinski definition) is 3. The largest absolute Gasteiger partial charge is 0.396 e. The minimum absolute atomic E-state index is 0.0170. The SMILES string of the molecule is Nc1ccc(C(=O)Nc2ccc3ncccc3c2)cc1F. The zero-order chi connectivity index (χ0) is 14.8. The number of carbonyl (C=O) groups excluding carboxylic acids is 1. The van der Waals surface area contributed by atoms with Gasteiger partial charge in [-0.25, -0.2) is 4.39 Å². The number of nitrogen functional groups attached to an aromatic ring is 1. The minimum atomic E-state index is -0.606. The molecule has 0 fully saturated rings. The van der Waals surface area contributed by atoms with Crippen molar-refractivity contribution >= 4 is 28.2 Å². The summed E-state index contributed by atoms with van der Waals surface area (Å²) in [5.74, 6) is -0.998. The summed E-state index contributed by atoms with van der Waals surface area (Å²) in [5.41, 5.74) is 7.09. The number of nitrogens with zero attached hydrogens (tertiary/aromatic N) is 1. The van der Waals surface area contributed by atoms with Gasteiger partial charge in [0.25, 0.3) is 5.91 Å². The first-order chi connectivity index (χ1) is 10.1. The smallest absolute Gasteiger partial charge is 0.255 e. The second kappa shape index (κ2) is 5.20. The van der Waals surface area contributed by atoms with E-state index in [2.05, 4.69) is 10.3 Å². The number of hydrogen-bond donors (Lipinski definition) is 2. The van der Waals surface area contributed by atoms with Gasteiger partial charge in [-0.15, -0.1) is 0 Å². The summed E-state index contributed by atoms with van der Waals surface area (Å²) in [5, 5.41) is 3.64. The van der Waals surface area contributed by atoms with E-state index in [1.54, 1.807) is 12.3 Å². The zero-order valence-electron chi connectivity index (χ0n) is 11.0. The van der Waals surface area contributed by atoms with Gasteiger partial charge < -0.3 is 11.1 Å². The normalized spacial score (nSPS) is 10.5. The quantitative estimate of drug-likeness (QED) is 0.709. The van der Waals surface area contributed by atoms with Crippen molar-refractivity contribution < 1.29 is 9.18 Å². The van der Waals surface area contributed by atoms with Gasteiger partial charge in [0.1, 0.15) is 5.82 Å². The average Bonchev–Trinajstić information content (AvgIpc) is 2.50. The molecular weight excluding hydrogens is 269 g/mol. The summed E-state index contributed by atoms with van der Waals surface area (Å²) in [6.45, 7) is 0. The van der Waals surface area contributed by atoms with Crippen LogP contribution in [0.1, 0.15) is 10.4 Å². The van der Waals surface area contributed by atoms with Crippen molar-refractivity contribution in [2.45, 2.75) is 0 Å². The average molecular weight is 281 g/mol. The minimum Gasteiger partial charge on any atom is -0.396 e. The highest BCUT2D eigenvalue weighted by atomic mass is 19.1. The van der Waals surface area contributed by atoms with Gasteiger partial charge in [-0.2, -0.15) is 0 Å². The van der Waals surface area contributed by atoms with E-state index in [1.165, 1.54) is 12.1 Å². The molecule has 104 valence electrons. The predicted octanol–water partition coefficient (Wildman–Crippen LogP) is 3.21. The molecule has 0 saturated carbocycles. The molecule has 3 N–H and O–H groups in total. The Bertz CT molecular complexity index is 833. The van der Waals surface area contributed by atoms with E-state index in [0.29, 0.717) is 5.69 Å². The molecule has 0 radical (unpaired) electrons. The lowest BCUT2D eigenvalue weighted by Crippen LogP contribution is -2.12. The van der Waals surface area contributed by atoms with Gasteiger partial charge in [-0.1, -0.05) is 6.07 Å². The summed E-state index contributed by atoms with van der Waals surface area (Å²) in [6, 6.07) is 13.1. The Morgan fingerprint density at radius 2 is 2.00 bits per heavy atom. The van der Waals surface area contributed by atoms with E-state index in [0.717, 1.165) is 17.0 Å². The fraction of sp³-hybridized carbons (Fsp3) is 0. The molecule has 1 amide bonds. The lowest BCUT2D eigenvalue weighted by molar-refractivity contribution is 0.102. The van der Waals surface area contributed by atoms with Crippen LogP contribution < -0.4 is 11.1 Å². The molecule has 0 aliphatic heterocycles. The van der Waals surface area contributed by atoms with Crippen LogP contribution in [0.2, 0.25) is 0 Å². The van der Waals surface area contributed by atoms with Crippen molar-refractivity contribution in [1.82, 2.24) is 4.98 Å². The molecule has 3 rings (SSSR count). The van der Waals surface area contributed by atoms with E-state index in [1.807, 2.05) is 24.3 Å². The van der Waals surface area contributed by atoms with Crippen LogP contribution in [0, 0.1) is 5.82 Å². The van der Waals surface area contributed by atoms with Gasteiger partial charge in [0.2, 0.25) is 0 Å². The number of halogens is 1. The summed E-state index contributed by atoms with van der Waals surface area (Å²) in [7, 11) is 0. The van der Waals surface area contributed by atoms with Gasteiger partial charge in [0.15, 0.2) is 0 Å². The number of carbonyl (C=O) groups is 1. The molecule has 0 aliphatic carbocycles. The van der Waals surface area contributed by atoms with Crippen LogP contribution in [0.15, 0.2) is 54.7 Å². The van der Waals surface area contributed by atoms with Crippen molar-refractivity contribution in [3.63, 3.8) is 0 Å². The Morgan fingerprint density at radius 1 is 1.14 bits per heavy atom. The highest BCUT2D eigenvalue weighted by Crippen LogP contribution is 2.18. The highest BCUT2D eigenvalue weighted by Gasteiger charge is 2.09. The highest BCUT2D eigenvalue weighted by molar-refractivity contribution is 6.05. The number of aromatic nitrogens is 1. The number of benzene rings is 2. The van der Waals surface area contributed by atoms with E-state index in [9.17, 15) is 9.18 Å². The third kappa shape index (κ3) is 2.67. The maximum absolute atomic E-state index is 13.4. The van der Waals surface area contributed by atoms with Gasteiger partial charge in [-0.3, -0.25) is 9.78 Å². The van der Waals surface area contributed by atoms with E-state index >= 15 is 0 Å². The number of nitrogens with one attached hydrogen (secondary N) is 1. The molecule has 3 aromatic rings. The van der Waals surface area contributed by atoms with Gasteiger partial charge in [0, 0.05) is 22.8 Å².